The Balaban J connectivity index is 0.00000242. The van der Waals surface area contributed by atoms with Crippen LogP contribution in [-0.2, 0) is 4.79 Å². The van der Waals surface area contributed by atoms with E-state index in [9.17, 15) is 4.79 Å². The van der Waals surface area contributed by atoms with Gasteiger partial charge in [-0.05, 0) is 50.5 Å². The van der Waals surface area contributed by atoms with Gasteiger partial charge in [-0.2, -0.15) is 0 Å². The Labute approximate surface area is 151 Å². The largest absolute Gasteiger partial charge is 0.330 e. The molecule has 0 unspecified atom stereocenters. The van der Waals surface area contributed by atoms with E-state index in [0.29, 0.717) is 33.2 Å². The summed E-state index contributed by atoms with van der Waals surface area (Å²) in [5.74, 6) is 0.441. The summed E-state index contributed by atoms with van der Waals surface area (Å²) >= 11 is 17.9. The van der Waals surface area contributed by atoms with Gasteiger partial charge in [-0.25, -0.2) is 0 Å². The first kappa shape index (κ1) is 19.8. The molecule has 0 spiro atoms. The van der Waals surface area contributed by atoms with Gasteiger partial charge in [0.05, 0.1) is 22.3 Å². The SMILES string of the molecule is Cl.NCC1CCN(CC(=O)Nc2c(Cl)cc(Cl)cc2Cl)CC1. The average Bonchev–Trinajstić information content (AvgIpc) is 2.43. The molecule has 1 amide bonds. The first-order chi connectivity index (χ1) is 9.99. The normalized spacial score (nSPS) is 16.2. The lowest BCUT2D eigenvalue weighted by atomic mass is 9.97. The Morgan fingerprint density at radius 3 is 2.27 bits per heavy atom. The van der Waals surface area contributed by atoms with Crippen LogP contribution in [0.5, 0.6) is 0 Å². The molecule has 2 rings (SSSR count). The summed E-state index contributed by atoms with van der Waals surface area (Å²) < 4.78 is 0. The highest BCUT2D eigenvalue weighted by molar-refractivity contribution is 6.42. The van der Waals surface area contributed by atoms with Gasteiger partial charge in [0.1, 0.15) is 0 Å². The molecule has 0 saturated carbocycles. The van der Waals surface area contributed by atoms with Crippen LogP contribution < -0.4 is 11.1 Å². The molecule has 0 bridgehead atoms. The maximum absolute atomic E-state index is 12.1. The highest BCUT2D eigenvalue weighted by Crippen LogP contribution is 2.33. The number of hydrogen-bond acceptors (Lipinski definition) is 3. The van der Waals surface area contributed by atoms with Gasteiger partial charge in [-0.15, -0.1) is 12.4 Å². The van der Waals surface area contributed by atoms with Crippen molar-refractivity contribution in [1.82, 2.24) is 4.90 Å². The van der Waals surface area contributed by atoms with Crippen LogP contribution >= 0.6 is 47.2 Å². The van der Waals surface area contributed by atoms with Gasteiger partial charge in [0, 0.05) is 5.02 Å². The summed E-state index contributed by atoms with van der Waals surface area (Å²) in [6.45, 7) is 2.82. The van der Waals surface area contributed by atoms with E-state index in [2.05, 4.69) is 10.2 Å². The molecule has 1 aromatic carbocycles. The van der Waals surface area contributed by atoms with Crippen molar-refractivity contribution in [3.63, 3.8) is 0 Å². The molecule has 1 fully saturated rings. The molecule has 1 aliphatic heterocycles. The van der Waals surface area contributed by atoms with Crippen molar-refractivity contribution in [1.29, 1.82) is 0 Å². The Morgan fingerprint density at radius 2 is 1.77 bits per heavy atom. The van der Waals surface area contributed by atoms with Crippen molar-refractivity contribution in [2.75, 3.05) is 31.5 Å². The standard InChI is InChI=1S/C14H18Cl3N3O.ClH/c15-10-5-11(16)14(12(17)6-10)19-13(21)8-20-3-1-9(7-18)2-4-20;/h5-6,9H,1-4,7-8,18H2,(H,19,21);1H. The number of halogens is 4. The smallest absolute Gasteiger partial charge is 0.238 e. The van der Waals surface area contributed by atoms with E-state index in [1.165, 1.54) is 0 Å². The molecule has 1 aliphatic rings. The van der Waals surface area contributed by atoms with E-state index >= 15 is 0 Å². The molecule has 0 radical (unpaired) electrons. The van der Waals surface area contributed by atoms with Gasteiger partial charge in [-0.3, -0.25) is 9.69 Å². The third-order valence-corrected chi connectivity index (χ3v) is 4.49. The van der Waals surface area contributed by atoms with Crippen LogP contribution in [0.25, 0.3) is 0 Å². The molecule has 1 heterocycles. The van der Waals surface area contributed by atoms with E-state index in [1.54, 1.807) is 12.1 Å². The Bertz CT molecular complexity index is 496. The predicted molar refractivity (Wildman–Crippen MR) is 95.6 cm³/mol. The predicted octanol–water partition coefficient (Wildman–Crippen LogP) is 3.68. The quantitative estimate of drug-likeness (QED) is 0.829. The number of carbonyl (C=O) groups excluding carboxylic acids is 1. The van der Waals surface area contributed by atoms with Crippen molar-refractivity contribution >= 4 is 58.8 Å². The zero-order chi connectivity index (χ0) is 15.4. The third-order valence-electron chi connectivity index (χ3n) is 3.68. The minimum absolute atomic E-state index is 0. The molecule has 0 aromatic heterocycles. The lowest BCUT2D eigenvalue weighted by Crippen LogP contribution is -2.40. The van der Waals surface area contributed by atoms with Crippen LogP contribution in [0.3, 0.4) is 0 Å². The molecule has 4 nitrogen and oxygen atoms in total. The maximum atomic E-state index is 12.1. The van der Waals surface area contributed by atoms with E-state index in [-0.39, 0.29) is 18.3 Å². The summed E-state index contributed by atoms with van der Waals surface area (Å²) in [6, 6.07) is 3.11. The molecule has 0 aliphatic carbocycles. The van der Waals surface area contributed by atoms with Crippen LogP contribution in [0.2, 0.25) is 15.1 Å². The number of rotatable bonds is 4. The molecule has 124 valence electrons. The lowest BCUT2D eigenvalue weighted by Gasteiger charge is -2.30. The fourth-order valence-electron chi connectivity index (χ4n) is 2.42. The van der Waals surface area contributed by atoms with Gasteiger partial charge in [0.2, 0.25) is 5.91 Å². The monoisotopic (exact) mass is 385 g/mol. The maximum Gasteiger partial charge on any atom is 0.238 e. The van der Waals surface area contributed by atoms with Crippen LogP contribution in [0.15, 0.2) is 12.1 Å². The van der Waals surface area contributed by atoms with E-state index in [4.69, 9.17) is 40.5 Å². The van der Waals surface area contributed by atoms with Crippen molar-refractivity contribution in [2.45, 2.75) is 12.8 Å². The second-order valence-electron chi connectivity index (χ2n) is 5.25. The van der Waals surface area contributed by atoms with Gasteiger partial charge < -0.3 is 11.1 Å². The average molecular weight is 387 g/mol. The Kier molecular flexibility index (Phi) is 8.25. The highest BCUT2D eigenvalue weighted by Gasteiger charge is 2.20. The molecule has 1 aromatic rings. The van der Waals surface area contributed by atoms with Crippen LogP contribution in [0, 0.1) is 5.92 Å². The summed E-state index contributed by atoms with van der Waals surface area (Å²) in [4.78, 5) is 14.2. The number of piperidine rings is 1. The van der Waals surface area contributed by atoms with Gasteiger partial charge in [0.15, 0.2) is 0 Å². The van der Waals surface area contributed by atoms with Gasteiger partial charge in [-0.1, -0.05) is 34.8 Å². The second kappa shape index (κ2) is 9.16. The van der Waals surface area contributed by atoms with Crippen molar-refractivity contribution in [2.24, 2.45) is 11.7 Å². The molecule has 8 heteroatoms. The number of amides is 1. The van der Waals surface area contributed by atoms with E-state index in [1.807, 2.05) is 0 Å². The van der Waals surface area contributed by atoms with Crippen LogP contribution in [0.1, 0.15) is 12.8 Å². The minimum Gasteiger partial charge on any atom is -0.330 e. The number of nitrogens with two attached hydrogens (primary N) is 1. The molecule has 1 saturated heterocycles. The molecule has 0 atom stereocenters. The van der Waals surface area contributed by atoms with Crippen molar-refractivity contribution in [3.05, 3.63) is 27.2 Å². The number of nitrogens with one attached hydrogen (secondary N) is 1. The van der Waals surface area contributed by atoms with E-state index < -0.39 is 0 Å². The fraction of sp³-hybridized carbons (Fsp3) is 0.500. The first-order valence-corrected chi connectivity index (χ1v) is 7.99. The van der Waals surface area contributed by atoms with Crippen molar-refractivity contribution in [3.8, 4) is 0 Å². The lowest BCUT2D eigenvalue weighted by molar-refractivity contribution is -0.117. The zero-order valence-electron chi connectivity index (χ0n) is 11.9. The molecule has 22 heavy (non-hydrogen) atoms. The van der Waals surface area contributed by atoms with Crippen LogP contribution in [0.4, 0.5) is 5.69 Å². The topological polar surface area (TPSA) is 58.4 Å². The molecular formula is C14H19Cl4N3O. The summed E-state index contributed by atoms with van der Waals surface area (Å²) in [5, 5.41) is 3.86. The fourth-order valence-corrected chi connectivity index (χ4v) is 3.34. The Hall–Kier alpha value is -0.230. The van der Waals surface area contributed by atoms with Crippen LogP contribution in [-0.4, -0.2) is 37.0 Å². The number of carbonyl (C=O) groups is 1. The number of nitrogens with zero attached hydrogens (tertiary/aromatic N) is 1. The highest BCUT2D eigenvalue weighted by atomic mass is 35.5. The van der Waals surface area contributed by atoms with E-state index in [0.717, 1.165) is 32.5 Å². The Morgan fingerprint density at radius 1 is 1.23 bits per heavy atom. The van der Waals surface area contributed by atoms with Gasteiger partial charge in [0.25, 0.3) is 0 Å². The van der Waals surface area contributed by atoms with Gasteiger partial charge >= 0.3 is 0 Å². The zero-order valence-corrected chi connectivity index (χ0v) is 15.0. The molecule has 3 N–H and O–H groups in total. The number of hydrogen-bond donors (Lipinski definition) is 2. The summed E-state index contributed by atoms with van der Waals surface area (Å²) in [7, 11) is 0. The number of benzene rings is 1. The number of anilines is 1. The minimum atomic E-state index is -0.132. The summed E-state index contributed by atoms with van der Waals surface area (Å²) in [5.41, 5.74) is 6.07. The second-order valence-corrected chi connectivity index (χ2v) is 6.50. The van der Waals surface area contributed by atoms with Crippen molar-refractivity contribution < 1.29 is 4.79 Å². The number of likely N-dealkylation sites (tertiary alicyclic amines) is 1. The first-order valence-electron chi connectivity index (χ1n) is 6.86. The molecular weight excluding hydrogens is 368 g/mol. The third kappa shape index (κ3) is 5.44. The summed E-state index contributed by atoms with van der Waals surface area (Å²) in [6.07, 6.45) is 2.07.